The van der Waals surface area contributed by atoms with E-state index >= 15 is 0 Å². The average molecular weight is 436 g/mol. The summed E-state index contributed by atoms with van der Waals surface area (Å²) in [5, 5.41) is 8.60. The molecule has 7 heteroatoms. The van der Waals surface area contributed by atoms with Gasteiger partial charge in [0.05, 0.1) is 36.8 Å². The Morgan fingerprint density at radius 1 is 1.16 bits per heavy atom. The van der Waals surface area contributed by atoms with Crippen molar-refractivity contribution in [1.29, 1.82) is 0 Å². The van der Waals surface area contributed by atoms with Crippen LogP contribution in [0.25, 0.3) is 10.8 Å². The van der Waals surface area contributed by atoms with Crippen LogP contribution < -0.4 is 20.3 Å². The van der Waals surface area contributed by atoms with Gasteiger partial charge in [-0.2, -0.15) is 5.10 Å². The van der Waals surface area contributed by atoms with Crippen molar-refractivity contribution in [3.05, 3.63) is 64.1 Å². The molecule has 0 bridgehead atoms. The number of benzene rings is 2. The number of carbonyl (C=O) groups is 1. The lowest BCUT2D eigenvalue weighted by molar-refractivity contribution is -0.121. The first-order chi connectivity index (χ1) is 15.5. The molecule has 3 aromatic rings. The smallest absolute Gasteiger partial charge is 0.274 e. The number of methoxy groups -OCH3 is 1. The number of nitrogens with one attached hydrogen (secondary N) is 1. The summed E-state index contributed by atoms with van der Waals surface area (Å²) in [7, 11) is 3.22. The number of aryl methyl sites for hydroxylation is 1. The summed E-state index contributed by atoms with van der Waals surface area (Å²) < 4.78 is 12.9. The fourth-order valence-corrected chi connectivity index (χ4v) is 4.27. The average Bonchev–Trinajstić information content (AvgIpc) is 3.30. The van der Waals surface area contributed by atoms with Gasteiger partial charge in [-0.15, -0.1) is 0 Å². The van der Waals surface area contributed by atoms with Crippen molar-refractivity contribution in [2.75, 3.05) is 7.11 Å². The van der Waals surface area contributed by atoms with Crippen LogP contribution in [-0.4, -0.2) is 28.9 Å². The molecular formula is C25H29N3O4. The highest BCUT2D eigenvalue weighted by molar-refractivity contribution is 5.88. The highest BCUT2D eigenvalue weighted by atomic mass is 16.5. The molecule has 7 nitrogen and oxygen atoms in total. The highest BCUT2D eigenvalue weighted by Gasteiger charge is 2.20. The van der Waals surface area contributed by atoms with Gasteiger partial charge in [-0.25, -0.2) is 4.68 Å². The summed E-state index contributed by atoms with van der Waals surface area (Å²) in [4.78, 5) is 25.1. The topological polar surface area (TPSA) is 82.5 Å². The first-order valence-electron chi connectivity index (χ1n) is 11.0. The van der Waals surface area contributed by atoms with Crippen LogP contribution in [0.4, 0.5) is 0 Å². The van der Waals surface area contributed by atoms with Crippen molar-refractivity contribution in [1.82, 2.24) is 15.1 Å². The third-order valence-electron chi connectivity index (χ3n) is 6.02. The number of ether oxygens (including phenoxy) is 2. The summed E-state index contributed by atoms with van der Waals surface area (Å²) in [6.07, 6.45) is 4.88. The number of rotatable bonds is 7. The second-order valence-corrected chi connectivity index (χ2v) is 8.32. The van der Waals surface area contributed by atoms with Crippen molar-refractivity contribution in [2.45, 2.75) is 51.2 Å². The fourth-order valence-electron chi connectivity index (χ4n) is 4.27. The zero-order valence-corrected chi connectivity index (χ0v) is 18.8. The van der Waals surface area contributed by atoms with Crippen LogP contribution in [0.5, 0.6) is 11.5 Å². The zero-order chi connectivity index (χ0) is 22.7. The Hall–Kier alpha value is -3.35. The molecule has 2 aromatic carbocycles. The van der Waals surface area contributed by atoms with Crippen LogP contribution in [0.2, 0.25) is 0 Å². The first-order valence-corrected chi connectivity index (χ1v) is 11.0. The van der Waals surface area contributed by atoms with Crippen molar-refractivity contribution in [2.24, 2.45) is 7.05 Å². The van der Waals surface area contributed by atoms with Crippen LogP contribution >= 0.6 is 0 Å². The number of fused-ring (bicyclic) bond motifs is 1. The van der Waals surface area contributed by atoms with Gasteiger partial charge in [0, 0.05) is 12.4 Å². The minimum atomic E-state index is -0.226. The van der Waals surface area contributed by atoms with Crippen molar-refractivity contribution in [3.63, 3.8) is 0 Å². The summed E-state index contributed by atoms with van der Waals surface area (Å²) in [6.45, 7) is 1.93. The summed E-state index contributed by atoms with van der Waals surface area (Å²) in [5.41, 5.74) is 1.32. The number of amides is 1. The van der Waals surface area contributed by atoms with E-state index in [-0.39, 0.29) is 30.0 Å². The van der Waals surface area contributed by atoms with E-state index in [0.29, 0.717) is 22.2 Å². The molecule has 0 radical (unpaired) electrons. The van der Waals surface area contributed by atoms with Crippen LogP contribution in [0.3, 0.4) is 0 Å². The van der Waals surface area contributed by atoms with Crippen molar-refractivity contribution < 1.29 is 14.3 Å². The van der Waals surface area contributed by atoms with Crippen LogP contribution in [0, 0.1) is 0 Å². The number of nitrogens with zero attached hydrogens (tertiary/aromatic N) is 2. The lowest BCUT2D eigenvalue weighted by Crippen LogP contribution is -2.30. The second-order valence-electron chi connectivity index (χ2n) is 8.32. The Balaban J connectivity index is 1.48. The van der Waals surface area contributed by atoms with Gasteiger partial charge < -0.3 is 14.8 Å². The Morgan fingerprint density at radius 2 is 1.88 bits per heavy atom. The van der Waals surface area contributed by atoms with Crippen LogP contribution in [-0.2, 0) is 18.3 Å². The van der Waals surface area contributed by atoms with Gasteiger partial charge in [0.25, 0.3) is 5.56 Å². The fraction of sp³-hybridized carbons (Fsp3) is 0.400. The van der Waals surface area contributed by atoms with Crippen LogP contribution in [0.15, 0.2) is 47.3 Å². The standard InChI is InChI=1S/C25H29N3O4/c1-16(17-12-13-22(23(14-17)31-3)32-18-8-4-5-9-18)26-24(29)15-21-19-10-6-7-11-20(19)25(30)28(2)27-21/h6-7,10-14,16,18H,4-5,8-9,15H2,1-3H3,(H,26,29). The summed E-state index contributed by atoms with van der Waals surface area (Å²) in [5.74, 6) is 1.24. The van der Waals surface area contributed by atoms with Gasteiger partial charge in [0.2, 0.25) is 5.91 Å². The molecule has 0 aliphatic heterocycles. The summed E-state index contributed by atoms with van der Waals surface area (Å²) in [6, 6.07) is 12.8. The lowest BCUT2D eigenvalue weighted by Gasteiger charge is -2.19. The lowest BCUT2D eigenvalue weighted by atomic mass is 10.1. The van der Waals surface area contributed by atoms with Crippen molar-refractivity contribution >= 4 is 16.7 Å². The van der Waals surface area contributed by atoms with Gasteiger partial charge in [-0.3, -0.25) is 9.59 Å². The predicted molar refractivity (Wildman–Crippen MR) is 123 cm³/mol. The normalized spacial score (nSPS) is 15.0. The first kappa shape index (κ1) is 21.9. The molecule has 0 spiro atoms. The molecule has 1 atom stereocenters. The molecule has 1 saturated carbocycles. The maximum absolute atomic E-state index is 12.8. The van der Waals surface area contributed by atoms with E-state index in [1.807, 2.05) is 43.3 Å². The molecule has 168 valence electrons. The maximum atomic E-state index is 12.8. The number of aromatic nitrogens is 2. The van der Waals surface area contributed by atoms with E-state index in [2.05, 4.69) is 10.4 Å². The van der Waals surface area contributed by atoms with E-state index in [1.54, 1.807) is 20.2 Å². The second kappa shape index (κ2) is 9.42. The van der Waals surface area contributed by atoms with E-state index in [9.17, 15) is 9.59 Å². The largest absolute Gasteiger partial charge is 0.493 e. The molecule has 4 rings (SSSR count). The number of carbonyl (C=O) groups excluding carboxylic acids is 1. The van der Waals surface area contributed by atoms with Crippen molar-refractivity contribution in [3.8, 4) is 11.5 Å². The quantitative estimate of drug-likeness (QED) is 0.612. The highest BCUT2D eigenvalue weighted by Crippen LogP contribution is 2.33. The molecule has 1 aromatic heterocycles. The molecule has 1 N–H and O–H groups in total. The molecule has 1 aliphatic rings. The van der Waals surface area contributed by atoms with Crippen LogP contribution in [0.1, 0.15) is 49.9 Å². The van der Waals surface area contributed by atoms with Gasteiger partial charge in [0.15, 0.2) is 11.5 Å². The molecule has 32 heavy (non-hydrogen) atoms. The minimum absolute atomic E-state index is 0.0823. The minimum Gasteiger partial charge on any atom is -0.493 e. The van der Waals surface area contributed by atoms with E-state index < -0.39 is 0 Å². The zero-order valence-electron chi connectivity index (χ0n) is 18.8. The Kier molecular flexibility index (Phi) is 6.44. The SMILES string of the molecule is COc1cc(C(C)NC(=O)Cc2nn(C)c(=O)c3ccccc23)ccc1OC1CCCC1. The molecule has 1 amide bonds. The van der Waals surface area contributed by atoms with Gasteiger partial charge in [-0.1, -0.05) is 24.3 Å². The summed E-state index contributed by atoms with van der Waals surface area (Å²) >= 11 is 0. The van der Waals surface area contributed by atoms with E-state index in [1.165, 1.54) is 17.5 Å². The van der Waals surface area contributed by atoms with Gasteiger partial charge in [-0.05, 0) is 56.4 Å². The van der Waals surface area contributed by atoms with E-state index in [0.717, 1.165) is 24.2 Å². The third kappa shape index (κ3) is 4.61. The Morgan fingerprint density at radius 3 is 2.59 bits per heavy atom. The number of hydrogen-bond acceptors (Lipinski definition) is 5. The molecule has 0 saturated heterocycles. The Bertz CT molecular complexity index is 1180. The Labute approximate surface area is 187 Å². The molecular weight excluding hydrogens is 406 g/mol. The van der Waals surface area contributed by atoms with Gasteiger partial charge >= 0.3 is 0 Å². The third-order valence-corrected chi connectivity index (χ3v) is 6.02. The maximum Gasteiger partial charge on any atom is 0.274 e. The van der Waals surface area contributed by atoms with Gasteiger partial charge in [0.1, 0.15) is 0 Å². The predicted octanol–water partition coefficient (Wildman–Crippen LogP) is 3.68. The molecule has 1 aliphatic carbocycles. The molecule has 1 fully saturated rings. The van der Waals surface area contributed by atoms with E-state index in [4.69, 9.17) is 9.47 Å². The number of hydrogen-bond donors (Lipinski definition) is 1. The molecule has 1 unspecified atom stereocenters. The molecule has 1 heterocycles. The monoisotopic (exact) mass is 435 g/mol.